The van der Waals surface area contributed by atoms with Gasteiger partial charge in [-0.15, -0.1) is 0 Å². The zero-order valence-electron chi connectivity index (χ0n) is 11.1. The highest BCUT2D eigenvalue weighted by Gasteiger charge is 2.17. The number of benzene rings is 1. The fraction of sp³-hybridized carbons (Fsp3) is 0.467. The molecule has 102 valence electrons. The standard InChI is InChI=1S/C15H19NO3/c1-11(17)13-4-6-14(7-5-13)16-15(18)9-12-3-2-8-19-10-12/h4-7,12H,2-3,8-10H2,1H3,(H,16,18). The third-order valence-electron chi connectivity index (χ3n) is 3.30. The highest BCUT2D eigenvalue weighted by Crippen LogP contribution is 2.18. The van der Waals surface area contributed by atoms with Gasteiger partial charge in [-0.2, -0.15) is 0 Å². The van der Waals surface area contributed by atoms with Crippen molar-refractivity contribution in [2.24, 2.45) is 5.92 Å². The van der Waals surface area contributed by atoms with Crippen LogP contribution in [0.4, 0.5) is 5.69 Å². The molecule has 2 rings (SSSR count). The lowest BCUT2D eigenvalue weighted by molar-refractivity contribution is -0.118. The van der Waals surface area contributed by atoms with Crippen LogP contribution in [0.1, 0.15) is 36.5 Å². The minimum absolute atomic E-state index is 0.00563. The van der Waals surface area contributed by atoms with Gasteiger partial charge in [0.15, 0.2) is 5.78 Å². The molecular formula is C15H19NO3. The van der Waals surface area contributed by atoms with Gasteiger partial charge in [-0.25, -0.2) is 0 Å². The van der Waals surface area contributed by atoms with Gasteiger partial charge >= 0.3 is 0 Å². The van der Waals surface area contributed by atoms with Gasteiger partial charge in [0.1, 0.15) is 0 Å². The van der Waals surface area contributed by atoms with Crippen LogP contribution in [-0.2, 0) is 9.53 Å². The summed E-state index contributed by atoms with van der Waals surface area (Å²) in [6.07, 6.45) is 2.58. The van der Waals surface area contributed by atoms with Crippen LogP contribution in [0.3, 0.4) is 0 Å². The van der Waals surface area contributed by atoms with E-state index < -0.39 is 0 Å². The molecule has 1 aliphatic heterocycles. The number of Topliss-reactive ketones (excluding diaryl/α,β-unsaturated/α-hetero) is 1. The Labute approximate surface area is 113 Å². The summed E-state index contributed by atoms with van der Waals surface area (Å²) in [5, 5.41) is 2.85. The Hall–Kier alpha value is -1.68. The molecule has 4 nitrogen and oxygen atoms in total. The van der Waals surface area contributed by atoms with Crippen LogP contribution in [0.5, 0.6) is 0 Å². The molecule has 1 aromatic rings. The van der Waals surface area contributed by atoms with Crippen LogP contribution in [0.2, 0.25) is 0 Å². The number of hydrogen-bond acceptors (Lipinski definition) is 3. The molecular weight excluding hydrogens is 242 g/mol. The Kier molecular flexibility index (Phi) is 4.68. The number of anilines is 1. The highest BCUT2D eigenvalue weighted by atomic mass is 16.5. The molecule has 1 fully saturated rings. The molecule has 1 aliphatic rings. The Bertz CT molecular complexity index is 447. The molecule has 1 atom stereocenters. The van der Waals surface area contributed by atoms with E-state index in [1.165, 1.54) is 6.92 Å². The Morgan fingerprint density at radius 1 is 1.32 bits per heavy atom. The molecule has 0 radical (unpaired) electrons. The summed E-state index contributed by atoms with van der Waals surface area (Å²) in [5.74, 6) is 0.355. The summed E-state index contributed by atoms with van der Waals surface area (Å²) < 4.78 is 5.36. The maximum atomic E-state index is 11.9. The number of ether oxygens (including phenoxy) is 1. The van der Waals surface area contributed by atoms with E-state index in [0.717, 1.165) is 25.1 Å². The van der Waals surface area contributed by atoms with Gasteiger partial charge in [0.05, 0.1) is 0 Å². The number of carbonyl (C=O) groups is 2. The average molecular weight is 261 g/mol. The molecule has 19 heavy (non-hydrogen) atoms. The SMILES string of the molecule is CC(=O)c1ccc(NC(=O)CC2CCCOC2)cc1. The monoisotopic (exact) mass is 261 g/mol. The van der Waals surface area contributed by atoms with Crippen molar-refractivity contribution < 1.29 is 14.3 Å². The largest absolute Gasteiger partial charge is 0.381 e. The second-order valence-electron chi connectivity index (χ2n) is 4.97. The second kappa shape index (κ2) is 6.48. The molecule has 1 N–H and O–H groups in total. The van der Waals surface area contributed by atoms with Gasteiger partial charge in [-0.05, 0) is 49.9 Å². The summed E-state index contributed by atoms with van der Waals surface area (Å²) in [4.78, 5) is 23.0. The first-order chi connectivity index (χ1) is 9.15. The van der Waals surface area contributed by atoms with E-state index >= 15 is 0 Å². The van der Waals surface area contributed by atoms with E-state index in [4.69, 9.17) is 4.74 Å². The van der Waals surface area contributed by atoms with Crippen LogP contribution in [0.15, 0.2) is 24.3 Å². The number of hydrogen-bond donors (Lipinski definition) is 1. The summed E-state index contributed by atoms with van der Waals surface area (Å²) in [7, 11) is 0. The third-order valence-corrected chi connectivity index (χ3v) is 3.30. The first-order valence-corrected chi connectivity index (χ1v) is 6.64. The smallest absolute Gasteiger partial charge is 0.224 e. The van der Waals surface area contributed by atoms with Crippen LogP contribution in [0, 0.1) is 5.92 Å². The highest BCUT2D eigenvalue weighted by molar-refractivity contribution is 5.95. The molecule has 4 heteroatoms. The van der Waals surface area contributed by atoms with Crippen LogP contribution in [-0.4, -0.2) is 24.9 Å². The average Bonchev–Trinajstić information content (AvgIpc) is 2.40. The maximum absolute atomic E-state index is 11.9. The van der Waals surface area contributed by atoms with Crippen molar-refractivity contribution in [3.05, 3.63) is 29.8 Å². The summed E-state index contributed by atoms with van der Waals surface area (Å²) in [6.45, 7) is 3.01. The number of nitrogens with one attached hydrogen (secondary N) is 1. The first-order valence-electron chi connectivity index (χ1n) is 6.64. The van der Waals surface area contributed by atoms with Gasteiger partial charge in [0.2, 0.25) is 5.91 Å². The van der Waals surface area contributed by atoms with Crippen molar-refractivity contribution in [1.82, 2.24) is 0 Å². The van der Waals surface area contributed by atoms with Gasteiger partial charge in [-0.1, -0.05) is 0 Å². The number of ketones is 1. The van der Waals surface area contributed by atoms with Crippen molar-refractivity contribution in [2.75, 3.05) is 18.5 Å². The lowest BCUT2D eigenvalue weighted by Crippen LogP contribution is -2.23. The molecule has 0 aliphatic carbocycles. The van der Waals surface area contributed by atoms with Crippen LogP contribution < -0.4 is 5.32 Å². The Morgan fingerprint density at radius 2 is 2.05 bits per heavy atom. The Balaban J connectivity index is 1.85. The predicted octanol–water partition coefficient (Wildman–Crippen LogP) is 2.64. The zero-order chi connectivity index (χ0) is 13.7. The van der Waals surface area contributed by atoms with Gasteiger partial charge < -0.3 is 10.1 Å². The summed E-state index contributed by atoms with van der Waals surface area (Å²) in [5.41, 5.74) is 1.38. The number of rotatable bonds is 4. The van der Waals surface area contributed by atoms with Gasteiger partial charge in [0, 0.05) is 30.9 Å². The van der Waals surface area contributed by atoms with E-state index in [-0.39, 0.29) is 11.7 Å². The molecule has 1 unspecified atom stereocenters. The summed E-state index contributed by atoms with van der Waals surface area (Å²) >= 11 is 0. The lowest BCUT2D eigenvalue weighted by Gasteiger charge is -2.21. The van der Waals surface area contributed by atoms with E-state index in [1.54, 1.807) is 24.3 Å². The minimum Gasteiger partial charge on any atom is -0.381 e. The molecule has 0 saturated carbocycles. The van der Waals surface area contributed by atoms with Crippen LogP contribution in [0.25, 0.3) is 0 Å². The fourth-order valence-corrected chi connectivity index (χ4v) is 2.23. The molecule has 1 saturated heterocycles. The predicted molar refractivity (Wildman–Crippen MR) is 73.2 cm³/mol. The fourth-order valence-electron chi connectivity index (χ4n) is 2.23. The molecule has 1 heterocycles. The number of carbonyl (C=O) groups excluding carboxylic acids is 2. The molecule has 0 aromatic heterocycles. The molecule has 1 amide bonds. The molecule has 0 spiro atoms. The van der Waals surface area contributed by atoms with Crippen molar-refractivity contribution in [3.63, 3.8) is 0 Å². The number of amides is 1. The van der Waals surface area contributed by atoms with Crippen molar-refractivity contribution in [2.45, 2.75) is 26.2 Å². The van der Waals surface area contributed by atoms with Gasteiger partial charge in [0.25, 0.3) is 0 Å². The maximum Gasteiger partial charge on any atom is 0.224 e. The lowest BCUT2D eigenvalue weighted by atomic mass is 9.98. The van der Waals surface area contributed by atoms with E-state index in [1.807, 2.05) is 0 Å². The first kappa shape index (κ1) is 13.7. The van der Waals surface area contributed by atoms with Crippen molar-refractivity contribution in [3.8, 4) is 0 Å². The minimum atomic E-state index is 0.00563. The topological polar surface area (TPSA) is 55.4 Å². The quantitative estimate of drug-likeness (QED) is 0.848. The van der Waals surface area contributed by atoms with E-state index in [0.29, 0.717) is 24.5 Å². The normalized spacial score (nSPS) is 18.9. The van der Waals surface area contributed by atoms with E-state index in [2.05, 4.69) is 5.32 Å². The molecule has 0 bridgehead atoms. The molecule has 1 aromatic carbocycles. The third kappa shape index (κ3) is 4.17. The van der Waals surface area contributed by atoms with Crippen molar-refractivity contribution >= 4 is 17.4 Å². The van der Waals surface area contributed by atoms with Crippen LogP contribution >= 0.6 is 0 Å². The second-order valence-corrected chi connectivity index (χ2v) is 4.97. The van der Waals surface area contributed by atoms with E-state index in [9.17, 15) is 9.59 Å². The zero-order valence-corrected chi connectivity index (χ0v) is 11.1. The Morgan fingerprint density at radius 3 is 2.63 bits per heavy atom. The van der Waals surface area contributed by atoms with Crippen molar-refractivity contribution in [1.29, 1.82) is 0 Å². The summed E-state index contributed by atoms with van der Waals surface area (Å²) in [6, 6.07) is 6.96. The van der Waals surface area contributed by atoms with Gasteiger partial charge in [-0.3, -0.25) is 9.59 Å².